The molecule has 0 N–H and O–H groups in total. The molecule has 0 radical (unpaired) electrons. The van der Waals surface area contributed by atoms with Crippen LogP contribution in [0, 0.1) is 20.8 Å². The van der Waals surface area contributed by atoms with Gasteiger partial charge in [0.25, 0.3) is 0 Å². The molecule has 1 aromatic carbocycles. The second-order valence-corrected chi connectivity index (χ2v) is 7.46. The predicted molar refractivity (Wildman–Crippen MR) is 82.1 cm³/mol. The van der Waals surface area contributed by atoms with E-state index in [9.17, 15) is 0 Å². The number of benzene rings is 1. The zero-order valence-corrected chi connectivity index (χ0v) is 13.0. The number of rotatable bonds is 6. The van der Waals surface area contributed by atoms with Crippen LogP contribution in [0.25, 0.3) is 0 Å². The van der Waals surface area contributed by atoms with Gasteiger partial charge in [0.2, 0.25) is 0 Å². The van der Waals surface area contributed by atoms with E-state index in [0.29, 0.717) is 0 Å². The molecule has 0 spiro atoms. The highest BCUT2D eigenvalue weighted by Crippen LogP contribution is 2.33. The Kier molecular flexibility index (Phi) is 6.20. The van der Waals surface area contributed by atoms with E-state index in [-0.39, 0.29) is 7.92 Å². The van der Waals surface area contributed by atoms with Crippen molar-refractivity contribution >= 4 is 13.2 Å². The summed E-state index contributed by atoms with van der Waals surface area (Å²) in [4.78, 5) is 0. The molecule has 0 nitrogen and oxygen atoms in total. The Morgan fingerprint density at radius 2 is 1.65 bits per heavy atom. The van der Waals surface area contributed by atoms with Gasteiger partial charge in [-0.15, -0.1) is 0 Å². The molecule has 0 saturated heterocycles. The molecule has 1 heteroatoms. The highest BCUT2D eigenvalue weighted by molar-refractivity contribution is 7.65. The lowest BCUT2D eigenvalue weighted by atomic mass is 10.1. The molecule has 0 aliphatic heterocycles. The number of aryl methyl sites for hydroxylation is 1. The van der Waals surface area contributed by atoms with E-state index in [1.165, 1.54) is 48.5 Å². The molecular weight excluding hydrogens is 223 g/mol. The summed E-state index contributed by atoms with van der Waals surface area (Å²) in [5.41, 5.74) is 4.46. The summed E-state index contributed by atoms with van der Waals surface area (Å²) in [6.07, 6.45) is 6.95. The quantitative estimate of drug-likeness (QED) is 0.496. The van der Waals surface area contributed by atoms with Gasteiger partial charge in [-0.1, -0.05) is 46.2 Å². The Labute approximate surface area is 109 Å². The second-order valence-electron chi connectivity index (χ2n) is 5.13. The van der Waals surface area contributed by atoms with Gasteiger partial charge >= 0.3 is 0 Å². The van der Waals surface area contributed by atoms with E-state index >= 15 is 0 Å². The normalized spacial score (nSPS) is 12.8. The molecule has 1 unspecified atom stereocenters. The average Bonchev–Trinajstić information content (AvgIpc) is 2.31. The molecule has 0 aliphatic rings. The van der Waals surface area contributed by atoms with Crippen LogP contribution >= 0.6 is 7.92 Å². The highest BCUT2D eigenvalue weighted by atomic mass is 31.1. The van der Waals surface area contributed by atoms with Crippen LogP contribution in [0.1, 0.15) is 49.3 Å². The van der Waals surface area contributed by atoms with Gasteiger partial charge in [-0.05, 0) is 62.0 Å². The van der Waals surface area contributed by atoms with Crippen LogP contribution < -0.4 is 5.30 Å². The molecule has 96 valence electrons. The van der Waals surface area contributed by atoms with Crippen LogP contribution in [0.2, 0.25) is 0 Å². The molecular formula is C16H27P. The standard InChI is InChI=1S/C16H27P/c1-6-7-8-9-12-17(5)16-11-10-13(2)14(3)15(16)4/h10-11H,6-9,12H2,1-5H3. The molecule has 1 atom stereocenters. The van der Waals surface area contributed by atoms with Crippen molar-refractivity contribution in [3.8, 4) is 0 Å². The van der Waals surface area contributed by atoms with E-state index < -0.39 is 0 Å². The smallest absolute Gasteiger partial charge is 0.0211 e. The van der Waals surface area contributed by atoms with Crippen LogP contribution in [0.4, 0.5) is 0 Å². The monoisotopic (exact) mass is 250 g/mol. The lowest BCUT2D eigenvalue weighted by Gasteiger charge is -2.18. The fraction of sp³-hybridized carbons (Fsp3) is 0.625. The topological polar surface area (TPSA) is 0 Å². The van der Waals surface area contributed by atoms with Gasteiger partial charge in [0.05, 0.1) is 0 Å². The zero-order valence-electron chi connectivity index (χ0n) is 12.1. The number of unbranched alkanes of at least 4 members (excludes halogenated alkanes) is 3. The first-order valence-corrected chi connectivity index (χ1v) is 8.83. The maximum absolute atomic E-state index is 2.44. The molecule has 0 fully saturated rings. The van der Waals surface area contributed by atoms with E-state index in [2.05, 4.69) is 46.5 Å². The Morgan fingerprint density at radius 3 is 2.29 bits per heavy atom. The molecule has 17 heavy (non-hydrogen) atoms. The summed E-state index contributed by atoms with van der Waals surface area (Å²) in [5.74, 6) is 0. The lowest BCUT2D eigenvalue weighted by molar-refractivity contribution is 0.705. The van der Waals surface area contributed by atoms with Gasteiger partial charge in [-0.2, -0.15) is 0 Å². The Balaban J connectivity index is 2.63. The van der Waals surface area contributed by atoms with Crippen molar-refractivity contribution in [2.45, 2.75) is 53.4 Å². The second kappa shape index (κ2) is 7.17. The molecule has 0 amide bonds. The van der Waals surface area contributed by atoms with E-state index in [4.69, 9.17) is 0 Å². The van der Waals surface area contributed by atoms with Crippen molar-refractivity contribution in [1.29, 1.82) is 0 Å². The average molecular weight is 250 g/mol. The summed E-state index contributed by atoms with van der Waals surface area (Å²) in [7, 11) is 0.0583. The van der Waals surface area contributed by atoms with Crippen molar-refractivity contribution in [1.82, 2.24) is 0 Å². The van der Waals surface area contributed by atoms with Crippen LogP contribution in [-0.4, -0.2) is 12.8 Å². The summed E-state index contributed by atoms with van der Waals surface area (Å²) >= 11 is 0. The van der Waals surface area contributed by atoms with Gasteiger partial charge in [-0.25, -0.2) is 0 Å². The third-order valence-electron chi connectivity index (χ3n) is 3.79. The van der Waals surface area contributed by atoms with Crippen molar-refractivity contribution in [2.75, 3.05) is 12.8 Å². The van der Waals surface area contributed by atoms with Crippen molar-refractivity contribution in [3.63, 3.8) is 0 Å². The minimum atomic E-state index is 0.0583. The van der Waals surface area contributed by atoms with Crippen LogP contribution in [0.5, 0.6) is 0 Å². The summed E-state index contributed by atoms with van der Waals surface area (Å²) in [5, 5.41) is 1.62. The minimum Gasteiger partial charge on any atom is -0.0782 e. The predicted octanol–water partition coefficient (Wildman–Crippen LogP) is 4.93. The maximum Gasteiger partial charge on any atom is -0.0211 e. The van der Waals surface area contributed by atoms with Crippen LogP contribution in [-0.2, 0) is 0 Å². The fourth-order valence-electron chi connectivity index (χ4n) is 2.25. The Morgan fingerprint density at radius 1 is 0.941 bits per heavy atom. The van der Waals surface area contributed by atoms with Gasteiger partial charge in [-0.3, -0.25) is 0 Å². The molecule has 0 saturated carbocycles. The first-order valence-electron chi connectivity index (χ1n) is 6.85. The first-order chi connectivity index (χ1) is 8.07. The summed E-state index contributed by atoms with van der Waals surface area (Å²) in [6.45, 7) is 11.5. The summed E-state index contributed by atoms with van der Waals surface area (Å²) < 4.78 is 0. The Bertz CT molecular complexity index is 355. The first kappa shape index (κ1) is 14.7. The van der Waals surface area contributed by atoms with Crippen molar-refractivity contribution < 1.29 is 0 Å². The maximum atomic E-state index is 2.44. The number of hydrogen-bond acceptors (Lipinski definition) is 0. The van der Waals surface area contributed by atoms with Gasteiger partial charge in [0.1, 0.15) is 0 Å². The molecule has 0 heterocycles. The van der Waals surface area contributed by atoms with Gasteiger partial charge in [0, 0.05) is 0 Å². The molecule has 0 aromatic heterocycles. The molecule has 1 rings (SSSR count). The Hall–Kier alpha value is -0.350. The van der Waals surface area contributed by atoms with Crippen molar-refractivity contribution in [3.05, 3.63) is 28.8 Å². The number of hydrogen-bond donors (Lipinski definition) is 0. The van der Waals surface area contributed by atoms with Gasteiger partial charge < -0.3 is 0 Å². The highest BCUT2D eigenvalue weighted by Gasteiger charge is 2.10. The van der Waals surface area contributed by atoms with Crippen molar-refractivity contribution in [2.24, 2.45) is 0 Å². The van der Waals surface area contributed by atoms with E-state index in [1.807, 2.05) is 0 Å². The van der Waals surface area contributed by atoms with Gasteiger partial charge in [0.15, 0.2) is 0 Å². The van der Waals surface area contributed by atoms with E-state index in [1.54, 1.807) is 5.30 Å². The third-order valence-corrected chi connectivity index (χ3v) is 6.08. The van der Waals surface area contributed by atoms with E-state index in [0.717, 1.165) is 0 Å². The lowest BCUT2D eigenvalue weighted by Crippen LogP contribution is -2.09. The summed E-state index contributed by atoms with van der Waals surface area (Å²) in [6, 6.07) is 4.66. The molecule has 1 aromatic rings. The van der Waals surface area contributed by atoms with Crippen LogP contribution in [0.3, 0.4) is 0 Å². The largest absolute Gasteiger partial charge is 0.0782 e. The fourth-order valence-corrected chi connectivity index (χ4v) is 4.26. The molecule has 0 bridgehead atoms. The third kappa shape index (κ3) is 4.11. The molecule has 0 aliphatic carbocycles. The SMILES string of the molecule is CCCCCCP(C)c1ccc(C)c(C)c1C. The van der Waals surface area contributed by atoms with Crippen LogP contribution in [0.15, 0.2) is 12.1 Å². The minimum absolute atomic E-state index is 0.0583. The zero-order chi connectivity index (χ0) is 12.8.